The fraction of sp³-hybridized carbons (Fsp3) is 0.211. The van der Waals surface area contributed by atoms with Crippen LogP contribution in [0.1, 0.15) is 5.56 Å². The van der Waals surface area contributed by atoms with Crippen LogP contribution >= 0.6 is 11.6 Å². The quantitative estimate of drug-likeness (QED) is 0.845. The third-order valence-corrected chi connectivity index (χ3v) is 4.82. The van der Waals surface area contributed by atoms with Crippen molar-refractivity contribution < 1.29 is 9.53 Å². The zero-order chi connectivity index (χ0) is 16.7. The summed E-state index contributed by atoms with van der Waals surface area (Å²) in [6, 6.07) is 12.0. The number of hydrogen-bond donors (Lipinski definition) is 1. The fourth-order valence-electron chi connectivity index (χ4n) is 3.14. The minimum atomic E-state index is -0.166. The Balaban J connectivity index is 1.67. The number of nitrogens with one attached hydrogen (secondary N) is 1. The second-order valence-corrected chi connectivity index (χ2v) is 6.36. The topological polar surface area (TPSA) is 41.6 Å². The SMILES string of the molecule is C=C1C(=O)Nc2cc(Cl)c(-c3ccc(N4CCOCC4)cc3)cc21. The molecule has 0 radical (unpaired) electrons. The molecule has 0 aromatic heterocycles. The average Bonchev–Trinajstić information content (AvgIpc) is 2.89. The van der Waals surface area contributed by atoms with E-state index in [1.807, 2.05) is 6.07 Å². The van der Waals surface area contributed by atoms with Crippen molar-refractivity contribution in [3.8, 4) is 11.1 Å². The van der Waals surface area contributed by atoms with Gasteiger partial charge in [-0.15, -0.1) is 0 Å². The van der Waals surface area contributed by atoms with E-state index in [0.717, 1.165) is 48.7 Å². The molecule has 2 aliphatic rings. The molecule has 2 heterocycles. The summed E-state index contributed by atoms with van der Waals surface area (Å²) in [6.45, 7) is 7.19. The highest BCUT2D eigenvalue weighted by Gasteiger charge is 2.24. The summed E-state index contributed by atoms with van der Waals surface area (Å²) in [4.78, 5) is 14.0. The van der Waals surface area contributed by atoms with E-state index in [0.29, 0.717) is 10.6 Å². The lowest BCUT2D eigenvalue weighted by Crippen LogP contribution is -2.36. The predicted molar refractivity (Wildman–Crippen MR) is 97.6 cm³/mol. The van der Waals surface area contributed by atoms with E-state index < -0.39 is 0 Å². The maximum absolute atomic E-state index is 11.7. The van der Waals surface area contributed by atoms with Crippen LogP contribution in [0.15, 0.2) is 43.0 Å². The van der Waals surface area contributed by atoms with Gasteiger partial charge in [0, 0.05) is 35.5 Å². The van der Waals surface area contributed by atoms with Gasteiger partial charge in [-0.25, -0.2) is 0 Å². The highest BCUT2D eigenvalue weighted by molar-refractivity contribution is 6.36. The van der Waals surface area contributed by atoms with Gasteiger partial charge in [-0.05, 0) is 29.8 Å². The summed E-state index contributed by atoms with van der Waals surface area (Å²) in [5.74, 6) is -0.166. The van der Waals surface area contributed by atoms with Crippen molar-refractivity contribution in [2.75, 3.05) is 36.5 Å². The second-order valence-electron chi connectivity index (χ2n) is 5.96. The van der Waals surface area contributed by atoms with Gasteiger partial charge in [-0.3, -0.25) is 4.79 Å². The normalized spacial score (nSPS) is 17.0. The lowest BCUT2D eigenvalue weighted by atomic mass is 9.99. The summed E-state index contributed by atoms with van der Waals surface area (Å²) in [7, 11) is 0. The van der Waals surface area contributed by atoms with Crippen LogP contribution in [0.25, 0.3) is 16.7 Å². The summed E-state index contributed by atoms with van der Waals surface area (Å²) in [5.41, 5.74) is 5.13. The first-order valence-corrected chi connectivity index (χ1v) is 8.28. The molecule has 2 aromatic rings. The number of rotatable bonds is 2. The molecular weight excluding hydrogens is 324 g/mol. The number of ether oxygens (including phenoxy) is 1. The number of hydrogen-bond acceptors (Lipinski definition) is 3. The lowest BCUT2D eigenvalue weighted by molar-refractivity contribution is -0.110. The number of fused-ring (bicyclic) bond motifs is 1. The minimum Gasteiger partial charge on any atom is -0.378 e. The average molecular weight is 341 g/mol. The van der Waals surface area contributed by atoms with Crippen molar-refractivity contribution in [2.45, 2.75) is 0 Å². The van der Waals surface area contributed by atoms with E-state index in [-0.39, 0.29) is 5.91 Å². The van der Waals surface area contributed by atoms with Crippen molar-refractivity contribution in [1.29, 1.82) is 0 Å². The molecule has 1 saturated heterocycles. The molecule has 0 spiro atoms. The molecule has 24 heavy (non-hydrogen) atoms. The molecule has 4 rings (SSSR count). The van der Waals surface area contributed by atoms with Crippen molar-refractivity contribution in [1.82, 2.24) is 0 Å². The molecule has 5 heteroatoms. The molecule has 1 N–H and O–H groups in total. The zero-order valence-electron chi connectivity index (χ0n) is 13.1. The Kier molecular flexibility index (Phi) is 3.79. The molecule has 0 saturated carbocycles. The molecule has 4 nitrogen and oxygen atoms in total. The summed E-state index contributed by atoms with van der Waals surface area (Å²) in [6.07, 6.45) is 0. The van der Waals surface area contributed by atoms with Gasteiger partial charge < -0.3 is 15.0 Å². The first-order valence-electron chi connectivity index (χ1n) is 7.91. The van der Waals surface area contributed by atoms with Gasteiger partial charge in [-0.1, -0.05) is 30.3 Å². The van der Waals surface area contributed by atoms with E-state index in [2.05, 4.69) is 41.1 Å². The van der Waals surface area contributed by atoms with Gasteiger partial charge in [0.2, 0.25) is 0 Å². The summed E-state index contributed by atoms with van der Waals surface area (Å²) in [5, 5.41) is 3.39. The van der Waals surface area contributed by atoms with Crippen LogP contribution in [0.5, 0.6) is 0 Å². The monoisotopic (exact) mass is 340 g/mol. The van der Waals surface area contributed by atoms with Crippen LogP contribution in [0.2, 0.25) is 5.02 Å². The Hall–Kier alpha value is -2.30. The first kappa shape index (κ1) is 15.2. The largest absolute Gasteiger partial charge is 0.378 e. The fourth-order valence-corrected chi connectivity index (χ4v) is 3.41. The van der Waals surface area contributed by atoms with Gasteiger partial charge in [0.1, 0.15) is 0 Å². The number of carbonyl (C=O) groups excluding carboxylic acids is 1. The molecule has 0 aliphatic carbocycles. The van der Waals surface area contributed by atoms with Gasteiger partial charge in [0.05, 0.1) is 23.9 Å². The van der Waals surface area contributed by atoms with Gasteiger partial charge in [0.25, 0.3) is 5.91 Å². The maximum Gasteiger partial charge on any atom is 0.255 e. The maximum atomic E-state index is 11.7. The van der Waals surface area contributed by atoms with Crippen LogP contribution in [0.3, 0.4) is 0 Å². The van der Waals surface area contributed by atoms with Gasteiger partial charge in [0.15, 0.2) is 0 Å². The van der Waals surface area contributed by atoms with Crippen LogP contribution in [-0.4, -0.2) is 32.2 Å². The van der Waals surface area contributed by atoms with Crippen molar-refractivity contribution in [3.05, 3.63) is 53.6 Å². The van der Waals surface area contributed by atoms with Crippen molar-refractivity contribution in [2.24, 2.45) is 0 Å². The number of carbonyl (C=O) groups is 1. The molecule has 0 unspecified atom stereocenters. The number of halogens is 1. The number of morpholine rings is 1. The lowest BCUT2D eigenvalue weighted by Gasteiger charge is -2.29. The van der Waals surface area contributed by atoms with Gasteiger partial charge in [-0.2, -0.15) is 0 Å². The molecular formula is C19H17ClN2O2. The number of nitrogens with zero attached hydrogens (tertiary/aromatic N) is 1. The Labute approximate surface area is 145 Å². The predicted octanol–water partition coefficient (Wildman–Crippen LogP) is 3.81. The smallest absolute Gasteiger partial charge is 0.255 e. The second kappa shape index (κ2) is 5.96. The number of benzene rings is 2. The molecule has 0 atom stereocenters. The first-order chi connectivity index (χ1) is 11.6. The molecule has 0 bridgehead atoms. The molecule has 1 amide bonds. The highest BCUT2D eigenvalue weighted by Crippen LogP contribution is 2.39. The molecule has 2 aromatic carbocycles. The van der Waals surface area contributed by atoms with Crippen LogP contribution in [0, 0.1) is 0 Å². The van der Waals surface area contributed by atoms with Crippen LogP contribution < -0.4 is 10.2 Å². The third-order valence-electron chi connectivity index (χ3n) is 4.51. The highest BCUT2D eigenvalue weighted by atomic mass is 35.5. The molecule has 2 aliphatic heterocycles. The van der Waals surface area contributed by atoms with Crippen LogP contribution in [-0.2, 0) is 9.53 Å². The van der Waals surface area contributed by atoms with E-state index in [4.69, 9.17) is 16.3 Å². The van der Waals surface area contributed by atoms with E-state index in [9.17, 15) is 4.79 Å². The van der Waals surface area contributed by atoms with E-state index in [1.54, 1.807) is 6.07 Å². The minimum absolute atomic E-state index is 0.166. The Bertz CT molecular complexity index is 824. The number of anilines is 2. The summed E-state index contributed by atoms with van der Waals surface area (Å²) >= 11 is 6.42. The van der Waals surface area contributed by atoms with E-state index in [1.165, 1.54) is 5.69 Å². The van der Waals surface area contributed by atoms with Crippen molar-refractivity contribution >= 4 is 34.5 Å². The third kappa shape index (κ3) is 2.58. The van der Waals surface area contributed by atoms with Crippen molar-refractivity contribution in [3.63, 3.8) is 0 Å². The standard InChI is InChI=1S/C19H17ClN2O2/c1-12-15-10-16(17(20)11-18(15)21-19(12)23)13-2-4-14(5-3-13)22-6-8-24-9-7-22/h2-5,10-11H,1,6-9H2,(H,21,23). The molecule has 1 fully saturated rings. The Morgan fingerprint density at radius 1 is 1.08 bits per heavy atom. The number of amides is 1. The summed E-state index contributed by atoms with van der Waals surface area (Å²) < 4.78 is 5.39. The van der Waals surface area contributed by atoms with E-state index >= 15 is 0 Å². The Morgan fingerprint density at radius 2 is 1.79 bits per heavy atom. The Morgan fingerprint density at radius 3 is 2.50 bits per heavy atom. The van der Waals surface area contributed by atoms with Crippen LogP contribution in [0.4, 0.5) is 11.4 Å². The zero-order valence-corrected chi connectivity index (χ0v) is 13.9. The molecule has 122 valence electrons. The van der Waals surface area contributed by atoms with Gasteiger partial charge >= 0.3 is 0 Å².